The minimum absolute atomic E-state index is 0.652. The lowest BCUT2D eigenvalue weighted by molar-refractivity contribution is 0.139. The Labute approximate surface area is 157 Å². The Morgan fingerprint density at radius 1 is 1.31 bits per heavy atom. The third kappa shape index (κ3) is 5.71. The number of aromatic nitrogens is 2. The maximum absolute atomic E-state index is 5.71. The molecule has 1 saturated heterocycles. The van der Waals surface area contributed by atoms with Crippen LogP contribution in [-0.2, 0) is 19.5 Å². The van der Waals surface area contributed by atoms with Crippen LogP contribution in [0.1, 0.15) is 49.6 Å². The van der Waals surface area contributed by atoms with Gasteiger partial charge in [0.1, 0.15) is 11.5 Å². The van der Waals surface area contributed by atoms with Gasteiger partial charge in [-0.15, -0.1) is 0 Å². The van der Waals surface area contributed by atoms with Crippen molar-refractivity contribution in [3.63, 3.8) is 0 Å². The van der Waals surface area contributed by atoms with Crippen LogP contribution < -0.4 is 0 Å². The number of nitrogens with zero attached hydrogens (tertiary/aromatic N) is 3. The Balaban J connectivity index is 1.39. The van der Waals surface area contributed by atoms with Crippen molar-refractivity contribution >= 4 is 0 Å². The molecule has 0 spiro atoms. The summed E-state index contributed by atoms with van der Waals surface area (Å²) in [7, 11) is 2.22. The number of nitrogens with one attached hydrogen (secondary N) is 1. The molecule has 26 heavy (non-hydrogen) atoms. The molecule has 0 amide bonds. The molecule has 144 valence electrons. The highest BCUT2D eigenvalue weighted by molar-refractivity contribution is 5.09. The summed E-state index contributed by atoms with van der Waals surface area (Å²) in [6.07, 6.45) is 3.59. The highest BCUT2D eigenvalue weighted by atomic mass is 16.3. The van der Waals surface area contributed by atoms with Gasteiger partial charge in [-0.1, -0.05) is 13.8 Å². The summed E-state index contributed by atoms with van der Waals surface area (Å²) in [6, 6.07) is 6.39. The monoisotopic (exact) mass is 358 g/mol. The van der Waals surface area contributed by atoms with Crippen molar-refractivity contribution in [2.75, 3.05) is 26.7 Å². The standard InChI is InChI=1S/C21H34N4O/c1-16(2)11-19-12-20(23-22-19)14-24(4)13-18-7-9-25(10-8-18)15-21-6-5-17(3)26-21/h5-6,12,16,18H,7-11,13-15H2,1-4H3,(H,22,23). The number of likely N-dealkylation sites (tertiary alicyclic amines) is 1. The van der Waals surface area contributed by atoms with Crippen molar-refractivity contribution < 1.29 is 4.42 Å². The average Bonchev–Trinajstić information content (AvgIpc) is 3.17. The van der Waals surface area contributed by atoms with Gasteiger partial charge in [-0.25, -0.2) is 0 Å². The van der Waals surface area contributed by atoms with E-state index in [0.29, 0.717) is 5.92 Å². The smallest absolute Gasteiger partial charge is 0.118 e. The van der Waals surface area contributed by atoms with Crippen LogP contribution in [0, 0.1) is 18.8 Å². The lowest BCUT2D eigenvalue weighted by Gasteiger charge is -2.33. The predicted molar refractivity (Wildman–Crippen MR) is 105 cm³/mol. The number of aryl methyl sites for hydroxylation is 1. The topological polar surface area (TPSA) is 48.3 Å². The van der Waals surface area contributed by atoms with E-state index in [9.17, 15) is 0 Å². The van der Waals surface area contributed by atoms with Gasteiger partial charge in [0.2, 0.25) is 0 Å². The molecule has 0 aliphatic carbocycles. The number of hydrogen-bond acceptors (Lipinski definition) is 4. The molecule has 0 unspecified atom stereocenters. The minimum atomic E-state index is 0.652. The third-order valence-corrected chi connectivity index (χ3v) is 5.19. The van der Waals surface area contributed by atoms with Crippen molar-refractivity contribution in [3.05, 3.63) is 41.1 Å². The summed E-state index contributed by atoms with van der Waals surface area (Å²) in [6.45, 7) is 11.9. The molecule has 1 aliphatic rings. The van der Waals surface area contributed by atoms with Crippen LogP contribution in [-0.4, -0.2) is 46.7 Å². The number of piperidine rings is 1. The van der Waals surface area contributed by atoms with Crippen LogP contribution in [0.4, 0.5) is 0 Å². The van der Waals surface area contributed by atoms with Crippen LogP contribution in [0.25, 0.3) is 0 Å². The zero-order chi connectivity index (χ0) is 18.5. The maximum Gasteiger partial charge on any atom is 0.118 e. The first-order valence-electron chi connectivity index (χ1n) is 9.97. The molecule has 2 aromatic rings. The van der Waals surface area contributed by atoms with Gasteiger partial charge in [0.05, 0.1) is 12.2 Å². The van der Waals surface area contributed by atoms with E-state index in [4.69, 9.17) is 4.42 Å². The second-order valence-electron chi connectivity index (χ2n) is 8.41. The van der Waals surface area contributed by atoms with Gasteiger partial charge >= 0.3 is 0 Å². The molecule has 0 saturated carbocycles. The predicted octanol–water partition coefficient (Wildman–Crippen LogP) is 3.85. The number of hydrogen-bond donors (Lipinski definition) is 1. The van der Waals surface area contributed by atoms with Crippen molar-refractivity contribution in [3.8, 4) is 0 Å². The second-order valence-corrected chi connectivity index (χ2v) is 8.41. The minimum Gasteiger partial charge on any atom is -0.465 e. The van der Waals surface area contributed by atoms with Gasteiger partial charge in [0, 0.05) is 18.8 Å². The Morgan fingerprint density at radius 3 is 2.73 bits per heavy atom. The Hall–Kier alpha value is -1.59. The molecular formula is C21H34N4O. The highest BCUT2D eigenvalue weighted by Gasteiger charge is 2.21. The summed E-state index contributed by atoms with van der Waals surface area (Å²) >= 11 is 0. The Morgan fingerprint density at radius 2 is 2.08 bits per heavy atom. The average molecular weight is 359 g/mol. The number of rotatable bonds is 8. The molecule has 3 rings (SSSR count). The van der Waals surface area contributed by atoms with E-state index in [0.717, 1.165) is 43.5 Å². The van der Waals surface area contributed by atoms with Gasteiger partial charge in [0.25, 0.3) is 0 Å². The zero-order valence-corrected chi connectivity index (χ0v) is 16.8. The molecule has 0 aromatic carbocycles. The van der Waals surface area contributed by atoms with E-state index >= 15 is 0 Å². The fourth-order valence-corrected chi connectivity index (χ4v) is 3.93. The van der Waals surface area contributed by atoms with Gasteiger partial charge in [-0.05, 0) is 76.4 Å². The fourth-order valence-electron chi connectivity index (χ4n) is 3.93. The molecule has 2 aromatic heterocycles. The molecule has 5 nitrogen and oxygen atoms in total. The summed E-state index contributed by atoms with van der Waals surface area (Å²) < 4.78 is 5.71. The lowest BCUT2D eigenvalue weighted by atomic mass is 9.96. The van der Waals surface area contributed by atoms with E-state index in [-0.39, 0.29) is 0 Å². The zero-order valence-electron chi connectivity index (χ0n) is 16.8. The first kappa shape index (κ1) is 19.2. The van der Waals surface area contributed by atoms with Crippen molar-refractivity contribution in [1.29, 1.82) is 0 Å². The van der Waals surface area contributed by atoms with E-state index in [1.54, 1.807) is 0 Å². The molecule has 3 heterocycles. The second kappa shape index (κ2) is 8.87. The molecular weight excluding hydrogens is 324 g/mol. The summed E-state index contributed by atoms with van der Waals surface area (Å²) in [5.41, 5.74) is 2.42. The number of aromatic amines is 1. The molecule has 1 N–H and O–H groups in total. The first-order valence-corrected chi connectivity index (χ1v) is 9.97. The summed E-state index contributed by atoms with van der Waals surface area (Å²) in [4.78, 5) is 4.95. The van der Waals surface area contributed by atoms with Crippen LogP contribution in [0.3, 0.4) is 0 Å². The van der Waals surface area contributed by atoms with Crippen LogP contribution in [0.5, 0.6) is 0 Å². The SMILES string of the molecule is Cc1ccc(CN2CCC(CN(C)Cc3cc(CC(C)C)n[nH]3)CC2)o1. The molecule has 1 aliphatic heterocycles. The van der Waals surface area contributed by atoms with Crippen molar-refractivity contribution in [2.45, 2.75) is 53.1 Å². The number of H-pyrrole nitrogens is 1. The van der Waals surface area contributed by atoms with Gasteiger partial charge in [-0.2, -0.15) is 5.10 Å². The molecule has 0 radical (unpaired) electrons. The van der Waals surface area contributed by atoms with E-state index in [1.165, 1.54) is 37.3 Å². The Kier molecular flexibility index (Phi) is 6.54. The van der Waals surface area contributed by atoms with E-state index in [2.05, 4.69) is 59.1 Å². The highest BCUT2D eigenvalue weighted by Crippen LogP contribution is 2.21. The lowest BCUT2D eigenvalue weighted by Crippen LogP contribution is -2.37. The third-order valence-electron chi connectivity index (χ3n) is 5.19. The molecule has 0 atom stereocenters. The van der Waals surface area contributed by atoms with Gasteiger partial charge in [0.15, 0.2) is 0 Å². The normalized spacial score (nSPS) is 16.8. The largest absolute Gasteiger partial charge is 0.465 e. The summed E-state index contributed by atoms with van der Waals surface area (Å²) in [5, 5.41) is 7.65. The van der Waals surface area contributed by atoms with E-state index in [1.807, 2.05) is 6.92 Å². The fraction of sp³-hybridized carbons (Fsp3) is 0.667. The van der Waals surface area contributed by atoms with Gasteiger partial charge < -0.3 is 9.32 Å². The van der Waals surface area contributed by atoms with E-state index < -0.39 is 0 Å². The summed E-state index contributed by atoms with van der Waals surface area (Å²) in [5.74, 6) is 3.54. The quantitative estimate of drug-likeness (QED) is 0.778. The number of furan rings is 1. The molecule has 5 heteroatoms. The molecule has 1 fully saturated rings. The first-order chi connectivity index (χ1) is 12.5. The maximum atomic E-state index is 5.71. The van der Waals surface area contributed by atoms with Crippen LogP contribution >= 0.6 is 0 Å². The van der Waals surface area contributed by atoms with Crippen LogP contribution in [0.15, 0.2) is 22.6 Å². The van der Waals surface area contributed by atoms with Crippen molar-refractivity contribution in [1.82, 2.24) is 20.0 Å². The van der Waals surface area contributed by atoms with Crippen molar-refractivity contribution in [2.24, 2.45) is 11.8 Å². The van der Waals surface area contributed by atoms with Crippen LogP contribution in [0.2, 0.25) is 0 Å². The Bertz CT molecular complexity index is 667. The molecule has 0 bridgehead atoms. The van der Waals surface area contributed by atoms with Gasteiger partial charge in [-0.3, -0.25) is 10.00 Å².